The van der Waals surface area contributed by atoms with Crippen LogP contribution in [0.2, 0.25) is 0 Å². The molecule has 164 valence electrons. The number of rotatable bonds is 8. The number of hydrogen-bond donors (Lipinski definition) is 0. The van der Waals surface area contributed by atoms with Crippen molar-refractivity contribution in [3.63, 3.8) is 0 Å². The molecule has 0 N–H and O–H groups in total. The highest BCUT2D eigenvalue weighted by molar-refractivity contribution is 5.83. The van der Waals surface area contributed by atoms with E-state index in [1.165, 1.54) is 0 Å². The fourth-order valence-electron chi connectivity index (χ4n) is 3.91. The maximum absolute atomic E-state index is 12.9. The molecule has 0 bridgehead atoms. The van der Waals surface area contributed by atoms with Crippen LogP contribution in [0, 0.1) is 11.8 Å². The number of ether oxygens (including phenoxy) is 2. The summed E-state index contributed by atoms with van der Waals surface area (Å²) in [4.78, 5) is 32.1. The molecule has 0 saturated carbocycles. The van der Waals surface area contributed by atoms with Crippen molar-refractivity contribution in [3.8, 4) is 0 Å². The number of benzene rings is 2. The minimum Gasteiger partial charge on any atom is -0.461 e. The maximum atomic E-state index is 12.9. The summed E-state index contributed by atoms with van der Waals surface area (Å²) in [6, 6.07) is 22.9. The van der Waals surface area contributed by atoms with Crippen molar-refractivity contribution in [2.75, 3.05) is 13.1 Å². The molecule has 0 radical (unpaired) electrons. The lowest BCUT2D eigenvalue weighted by molar-refractivity contribution is -0.160. The van der Waals surface area contributed by atoms with Gasteiger partial charge in [-0.3, -0.25) is 19.5 Å². The van der Waals surface area contributed by atoms with Gasteiger partial charge in [-0.1, -0.05) is 66.7 Å². The summed E-state index contributed by atoms with van der Waals surface area (Å²) in [5.41, 5.74) is 2.85. The van der Waals surface area contributed by atoms with E-state index in [-0.39, 0.29) is 25.2 Å². The third kappa shape index (κ3) is 5.80. The average Bonchev–Trinajstić information content (AvgIpc) is 3.27. The zero-order valence-electron chi connectivity index (χ0n) is 17.8. The third-order valence-corrected chi connectivity index (χ3v) is 5.58. The van der Waals surface area contributed by atoms with E-state index >= 15 is 0 Å². The van der Waals surface area contributed by atoms with Gasteiger partial charge in [0.05, 0.1) is 11.8 Å². The van der Waals surface area contributed by atoms with E-state index in [1.54, 1.807) is 12.4 Å². The van der Waals surface area contributed by atoms with Gasteiger partial charge in [0.25, 0.3) is 0 Å². The van der Waals surface area contributed by atoms with Crippen molar-refractivity contribution >= 4 is 11.9 Å². The van der Waals surface area contributed by atoms with E-state index < -0.39 is 11.8 Å². The number of aromatic nitrogens is 1. The van der Waals surface area contributed by atoms with E-state index in [0.29, 0.717) is 19.6 Å². The fourth-order valence-corrected chi connectivity index (χ4v) is 3.91. The summed E-state index contributed by atoms with van der Waals surface area (Å²) in [7, 11) is 0. The maximum Gasteiger partial charge on any atom is 0.311 e. The van der Waals surface area contributed by atoms with Crippen molar-refractivity contribution in [3.05, 3.63) is 102 Å². The van der Waals surface area contributed by atoms with Crippen LogP contribution < -0.4 is 0 Å². The van der Waals surface area contributed by atoms with Gasteiger partial charge in [0, 0.05) is 32.0 Å². The van der Waals surface area contributed by atoms with Gasteiger partial charge in [-0.15, -0.1) is 0 Å². The van der Waals surface area contributed by atoms with E-state index in [2.05, 4.69) is 9.88 Å². The molecule has 0 unspecified atom stereocenters. The summed E-state index contributed by atoms with van der Waals surface area (Å²) < 4.78 is 11.1. The van der Waals surface area contributed by atoms with Crippen LogP contribution in [-0.2, 0) is 38.8 Å². The normalized spacial score (nSPS) is 18.2. The first-order valence-electron chi connectivity index (χ1n) is 10.7. The van der Waals surface area contributed by atoms with E-state index in [0.717, 1.165) is 16.7 Å². The number of carbonyl (C=O) groups is 2. The second kappa shape index (κ2) is 10.7. The first-order valence-corrected chi connectivity index (χ1v) is 10.7. The highest BCUT2D eigenvalue weighted by atomic mass is 16.5. The fraction of sp³-hybridized carbons (Fsp3) is 0.269. The Labute approximate surface area is 187 Å². The summed E-state index contributed by atoms with van der Waals surface area (Å²) in [6.07, 6.45) is 3.52. The Kier molecular flexibility index (Phi) is 7.25. The molecule has 1 saturated heterocycles. The predicted octanol–water partition coefficient (Wildman–Crippen LogP) is 3.62. The minimum atomic E-state index is -0.571. The molecule has 4 rings (SSSR count). The molecule has 1 aromatic heterocycles. The summed E-state index contributed by atoms with van der Waals surface area (Å²) in [5, 5.41) is 0. The molecule has 6 heteroatoms. The topological polar surface area (TPSA) is 68.7 Å². The molecule has 32 heavy (non-hydrogen) atoms. The summed E-state index contributed by atoms with van der Waals surface area (Å²) in [6.45, 7) is 1.86. The largest absolute Gasteiger partial charge is 0.461 e. The number of hydrogen-bond acceptors (Lipinski definition) is 6. The molecule has 0 aliphatic carbocycles. The molecule has 1 fully saturated rings. The van der Waals surface area contributed by atoms with Gasteiger partial charge < -0.3 is 9.47 Å². The molecular weight excluding hydrogens is 404 g/mol. The van der Waals surface area contributed by atoms with Crippen molar-refractivity contribution in [1.29, 1.82) is 0 Å². The van der Waals surface area contributed by atoms with E-state index in [9.17, 15) is 9.59 Å². The lowest BCUT2D eigenvalue weighted by Crippen LogP contribution is -2.31. The molecule has 6 nitrogen and oxygen atoms in total. The van der Waals surface area contributed by atoms with Crippen LogP contribution in [0.25, 0.3) is 0 Å². The molecule has 1 aliphatic heterocycles. The Bertz CT molecular complexity index is 948. The van der Waals surface area contributed by atoms with E-state index in [4.69, 9.17) is 9.47 Å². The van der Waals surface area contributed by atoms with Crippen LogP contribution in [0.15, 0.2) is 85.2 Å². The predicted molar refractivity (Wildman–Crippen MR) is 119 cm³/mol. The zero-order chi connectivity index (χ0) is 22.2. The molecule has 2 aromatic carbocycles. The molecular formula is C26H26N2O4. The Morgan fingerprint density at radius 1 is 0.750 bits per heavy atom. The molecule has 1 aliphatic rings. The van der Waals surface area contributed by atoms with Gasteiger partial charge in [0.2, 0.25) is 0 Å². The summed E-state index contributed by atoms with van der Waals surface area (Å²) >= 11 is 0. The second-order valence-corrected chi connectivity index (χ2v) is 7.95. The van der Waals surface area contributed by atoms with Gasteiger partial charge in [0.1, 0.15) is 13.2 Å². The van der Waals surface area contributed by atoms with Gasteiger partial charge in [-0.05, 0) is 22.8 Å². The van der Waals surface area contributed by atoms with Gasteiger partial charge in [0.15, 0.2) is 0 Å². The average molecular weight is 431 g/mol. The molecule has 0 amide bonds. The SMILES string of the molecule is O=C(OCc1ccccc1)[C@@H]1CN(Cc2cccnc2)C[C@H]1C(=O)OCc1ccccc1. The lowest BCUT2D eigenvalue weighted by Gasteiger charge is -2.16. The number of likely N-dealkylation sites (tertiary alicyclic amines) is 1. The van der Waals surface area contributed by atoms with E-state index in [1.807, 2.05) is 72.8 Å². The number of nitrogens with zero attached hydrogens (tertiary/aromatic N) is 2. The molecule has 0 spiro atoms. The van der Waals surface area contributed by atoms with Crippen LogP contribution in [0.1, 0.15) is 16.7 Å². The smallest absolute Gasteiger partial charge is 0.311 e. The zero-order valence-corrected chi connectivity index (χ0v) is 17.8. The van der Waals surface area contributed by atoms with Crippen molar-refractivity contribution < 1.29 is 19.1 Å². The van der Waals surface area contributed by atoms with Crippen LogP contribution in [-0.4, -0.2) is 34.9 Å². The van der Waals surface area contributed by atoms with Gasteiger partial charge >= 0.3 is 11.9 Å². The third-order valence-electron chi connectivity index (χ3n) is 5.58. The Balaban J connectivity index is 1.42. The Morgan fingerprint density at radius 2 is 1.25 bits per heavy atom. The van der Waals surface area contributed by atoms with Crippen LogP contribution in [0.3, 0.4) is 0 Å². The summed E-state index contributed by atoms with van der Waals surface area (Å²) in [5.74, 6) is -1.88. The Hall–Kier alpha value is -3.51. The van der Waals surface area contributed by atoms with Crippen LogP contribution in [0.4, 0.5) is 0 Å². The molecule has 3 aromatic rings. The van der Waals surface area contributed by atoms with Crippen LogP contribution >= 0.6 is 0 Å². The van der Waals surface area contributed by atoms with Gasteiger partial charge in [-0.25, -0.2) is 0 Å². The first-order chi connectivity index (χ1) is 15.7. The number of esters is 2. The molecule has 2 atom stereocenters. The van der Waals surface area contributed by atoms with Crippen molar-refractivity contribution in [1.82, 2.24) is 9.88 Å². The highest BCUT2D eigenvalue weighted by Gasteiger charge is 2.43. The van der Waals surface area contributed by atoms with Crippen molar-refractivity contribution in [2.24, 2.45) is 11.8 Å². The minimum absolute atomic E-state index is 0.185. The number of pyridine rings is 1. The first kappa shape index (κ1) is 21.7. The van der Waals surface area contributed by atoms with Gasteiger partial charge in [-0.2, -0.15) is 0 Å². The highest BCUT2D eigenvalue weighted by Crippen LogP contribution is 2.28. The van der Waals surface area contributed by atoms with Crippen LogP contribution in [0.5, 0.6) is 0 Å². The standard InChI is InChI=1S/C26H26N2O4/c29-25(31-18-20-8-3-1-4-9-20)23-16-28(15-22-12-7-13-27-14-22)17-24(23)26(30)32-19-21-10-5-2-6-11-21/h1-14,23-24H,15-19H2/t23-,24-/m1/s1. The lowest BCUT2D eigenvalue weighted by atomic mass is 9.96. The second-order valence-electron chi connectivity index (χ2n) is 7.95. The Morgan fingerprint density at radius 3 is 1.72 bits per heavy atom. The number of carbonyl (C=O) groups excluding carboxylic acids is 2. The quantitative estimate of drug-likeness (QED) is 0.509. The monoisotopic (exact) mass is 430 g/mol. The van der Waals surface area contributed by atoms with Crippen molar-refractivity contribution in [2.45, 2.75) is 19.8 Å². The molecule has 2 heterocycles.